The highest BCUT2D eigenvalue weighted by atomic mass is 19.3. The van der Waals surface area contributed by atoms with Crippen LogP contribution in [0.1, 0.15) is 58.1 Å². The van der Waals surface area contributed by atoms with E-state index in [0.29, 0.717) is 23.1 Å². The molecule has 0 fully saturated rings. The minimum absolute atomic E-state index is 0.109. The average Bonchev–Trinajstić information content (AvgIpc) is 3.49. The smallest absolute Gasteiger partial charge is 0.408 e. The normalized spacial score (nSPS) is 16.1. The fourth-order valence-corrected chi connectivity index (χ4v) is 4.83. The van der Waals surface area contributed by atoms with Crippen molar-refractivity contribution in [2.75, 3.05) is 4.90 Å². The molecule has 1 atom stereocenters. The molecule has 0 aliphatic carbocycles. The summed E-state index contributed by atoms with van der Waals surface area (Å²) in [5.74, 6) is -5.14. The quantitative estimate of drug-likeness (QED) is 0.220. The number of ether oxygens (including phenoxy) is 2. The molecule has 0 radical (unpaired) electrons. The number of hydrogen-bond donors (Lipinski definition) is 1. The van der Waals surface area contributed by atoms with Gasteiger partial charge < -0.3 is 24.1 Å². The van der Waals surface area contributed by atoms with Crippen LogP contribution in [0.15, 0.2) is 71.1 Å². The van der Waals surface area contributed by atoms with Gasteiger partial charge in [-0.05, 0) is 76.6 Å². The molecule has 2 heterocycles. The van der Waals surface area contributed by atoms with E-state index < -0.39 is 52.8 Å². The van der Waals surface area contributed by atoms with E-state index in [1.807, 2.05) is 24.3 Å². The van der Waals surface area contributed by atoms with E-state index >= 15 is 13.2 Å². The predicted molar refractivity (Wildman–Crippen MR) is 164 cm³/mol. The number of amides is 2. The summed E-state index contributed by atoms with van der Waals surface area (Å²) in [5.41, 5.74) is -3.11. The lowest BCUT2D eigenvalue weighted by Crippen LogP contribution is -2.49. The van der Waals surface area contributed by atoms with Gasteiger partial charge in [-0.3, -0.25) is 4.79 Å². The number of anilines is 1. The molecule has 47 heavy (non-hydrogen) atoms. The van der Waals surface area contributed by atoms with Gasteiger partial charge in [0.15, 0.2) is 0 Å². The Morgan fingerprint density at radius 1 is 1.06 bits per heavy atom. The van der Waals surface area contributed by atoms with Crippen LogP contribution in [0.2, 0.25) is 0 Å². The first kappa shape index (κ1) is 33.0. The van der Waals surface area contributed by atoms with Gasteiger partial charge in [0.2, 0.25) is 11.8 Å². The predicted octanol–water partition coefficient (Wildman–Crippen LogP) is 7.39. The fraction of sp³-hybridized carbons (Fsp3) is 0.324. The Morgan fingerprint density at radius 2 is 1.72 bits per heavy atom. The van der Waals surface area contributed by atoms with E-state index in [9.17, 15) is 14.9 Å². The Bertz CT molecular complexity index is 1830. The third kappa shape index (κ3) is 7.38. The SMILES string of the molecule is CC(C)(C)OC(=O)N[C@H]1CC(F)(F)c2cc(F)c(-c3nnc(C(C)(C)C#N)o3)cc2N(Cc2ccc(Oc3ccccc3)cc2)C1=O. The summed E-state index contributed by atoms with van der Waals surface area (Å²) in [5, 5.41) is 19.4. The molecule has 0 unspecified atom stereocenters. The van der Waals surface area contributed by atoms with Gasteiger partial charge in [0, 0.05) is 12.0 Å². The molecule has 1 N–H and O–H groups in total. The van der Waals surface area contributed by atoms with Gasteiger partial charge in [0.1, 0.15) is 34.4 Å². The standard InChI is InChI=1S/C34H32F3N5O5/c1-32(2,3)47-31(44)39-26-17-34(36,37)24-16-25(35)23(28-40-41-30(46-28)33(4,5)19-38)15-27(24)42(29(26)43)18-20-11-13-22(14-12-20)45-21-9-7-6-8-10-21/h6-16,26H,17-18H2,1-5H3,(H,39,44)/t26-/m0/s1. The Kier molecular flexibility index (Phi) is 8.73. The molecule has 1 aliphatic rings. The summed E-state index contributed by atoms with van der Waals surface area (Å²) in [7, 11) is 0. The summed E-state index contributed by atoms with van der Waals surface area (Å²) in [6.45, 7) is 7.58. The van der Waals surface area contributed by atoms with Crippen molar-refractivity contribution in [2.24, 2.45) is 0 Å². The van der Waals surface area contributed by atoms with Crippen LogP contribution in [0.25, 0.3) is 11.5 Å². The molecule has 244 valence electrons. The number of hydrogen-bond acceptors (Lipinski definition) is 8. The van der Waals surface area contributed by atoms with Crippen LogP contribution in [0, 0.1) is 17.1 Å². The van der Waals surface area contributed by atoms with Gasteiger partial charge in [-0.25, -0.2) is 18.0 Å². The van der Waals surface area contributed by atoms with E-state index in [0.717, 1.165) is 11.0 Å². The number of halogens is 3. The van der Waals surface area contributed by atoms with Crippen molar-refractivity contribution >= 4 is 17.7 Å². The molecule has 1 aliphatic heterocycles. The molecule has 0 saturated heterocycles. The minimum Gasteiger partial charge on any atom is -0.457 e. The first-order valence-corrected chi connectivity index (χ1v) is 14.7. The summed E-state index contributed by atoms with van der Waals surface area (Å²) >= 11 is 0. The lowest BCUT2D eigenvalue weighted by Gasteiger charge is -2.27. The first-order valence-electron chi connectivity index (χ1n) is 14.7. The van der Waals surface area contributed by atoms with Crippen molar-refractivity contribution in [1.82, 2.24) is 15.5 Å². The molecular formula is C34H32F3N5O5. The third-order valence-electron chi connectivity index (χ3n) is 7.20. The Morgan fingerprint density at radius 3 is 2.36 bits per heavy atom. The lowest BCUT2D eigenvalue weighted by molar-refractivity contribution is -0.123. The Labute approximate surface area is 269 Å². The zero-order valence-corrected chi connectivity index (χ0v) is 26.3. The maximum Gasteiger partial charge on any atom is 0.408 e. The fourth-order valence-electron chi connectivity index (χ4n) is 4.83. The van der Waals surface area contributed by atoms with Gasteiger partial charge in [-0.2, -0.15) is 5.26 Å². The Hall–Kier alpha value is -5.38. The molecule has 10 nitrogen and oxygen atoms in total. The minimum atomic E-state index is -3.77. The molecule has 13 heteroatoms. The van der Waals surface area contributed by atoms with Crippen LogP contribution < -0.4 is 15.0 Å². The van der Waals surface area contributed by atoms with E-state index in [4.69, 9.17) is 13.9 Å². The number of benzene rings is 3. The lowest BCUT2D eigenvalue weighted by atomic mass is 9.96. The second-order valence-electron chi connectivity index (χ2n) is 12.6. The number of carbonyl (C=O) groups excluding carboxylic acids is 2. The van der Waals surface area contributed by atoms with Gasteiger partial charge in [-0.15, -0.1) is 10.2 Å². The van der Waals surface area contributed by atoms with E-state index in [2.05, 4.69) is 15.5 Å². The summed E-state index contributed by atoms with van der Waals surface area (Å²) in [6.07, 6.45) is -2.22. The van der Waals surface area contributed by atoms with Crippen molar-refractivity contribution in [1.29, 1.82) is 5.26 Å². The third-order valence-corrected chi connectivity index (χ3v) is 7.20. The van der Waals surface area contributed by atoms with E-state index in [1.165, 1.54) is 13.8 Å². The maximum atomic E-state index is 15.9. The molecule has 3 aromatic carbocycles. The molecule has 0 bridgehead atoms. The van der Waals surface area contributed by atoms with E-state index in [1.54, 1.807) is 57.2 Å². The molecule has 1 aromatic heterocycles. The number of aromatic nitrogens is 2. The Balaban J connectivity index is 1.56. The summed E-state index contributed by atoms with van der Waals surface area (Å²) in [4.78, 5) is 27.7. The van der Waals surface area contributed by atoms with Crippen molar-refractivity contribution in [3.8, 4) is 29.0 Å². The molecule has 2 amide bonds. The highest BCUT2D eigenvalue weighted by molar-refractivity contribution is 6.00. The highest BCUT2D eigenvalue weighted by Crippen LogP contribution is 2.45. The van der Waals surface area contributed by atoms with Gasteiger partial charge in [0.05, 0.1) is 23.9 Å². The maximum absolute atomic E-state index is 15.9. The van der Waals surface area contributed by atoms with E-state index in [-0.39, 0.29) is 29.6 Å². The molecule has 5 rings (SSSR count). The average molecular weight is 648 g/mol. The number of alkyl halides is 2. The summed E-state index contributed by atoms with van der Waals surface area (Å²) < 4.78 is 64.0. The number of nitrogens with one attached hydrogen (secondary N) is 1. The number of para-hydroxylation sites is 1. The van der Waals surface area contributed by atoms with Crippen LogP contribution in [-0.2, 0) is 27.4 Å². The van der Waals surface area contributed by atoms with Crippen LogP contribution in [0.4, 0.5) is 23.7 Å². The zero-order chi connectivity index (χ0) is 34.1. The summed E-state index contributed by atoms with van der Waals surface area (Å²) in [6, 6.07) is 17.6. The largest absolute Gasteiger partial charge is 0.457 e. The van der Waals surface area contributed by atoms with Gasteiger partial charge in [0.25, 0.3) is 11.8 Å². The van der Waals surface area contributed by atoms with Crippen LogP contribution in [0.5, 0.6) is 11.5 Å². The number of nitrogens with zero attached hydrogens (tertiary/aromatic N) is 4. The number of fused-ring (bicyclic) bond motifs is 1. The number of rotatable bonds is 7. The first-order chi connectivity index (χ1) is 22.1. The van der Waals surface area contributed by atoms with Crippen molar-refractivity contribution < 1.29 is 36.7 Å². The van der Waals surface area contributed by atoms with Gasteiger partial charge in [-0.1, -0.05) is 30.3 Å². The second kappa shape index (κ2) is 12.4. The monoisotopic (exact) mass is 647 g/mol. The molecular weight excluding hydrogens is 615 g/mol. The van der Waals surface area contributed by atoms with Crippen LogP contribution in [0.3, 0.4) is 0 Å². The molecule has 4 aromatic rings. The molecule has 0 saturated carbocycles. The zero-order valence-electron chi connectivity index (χ0n) is 26.3. The van der Waals surface area contributed by atoms with Crippen molar-refractivity contribution in [3.63, 3.8) is 0 Å². The number of nitriles is 1. The second-order valence-corrected chi connectivity index (χ2v) is 12.6. The van der Waals surface area contributed by atoms with Gasteiger partial charge >= 0.3 is 6.09 Å². The van der Waals surface area contributed by atoms with Crippen molar-refractivity contribution in [2.45, 2.75) is 70.6 Å². The topological polar surface area (TPSA) is 131 Å². The highest BCUT2D eigenvalue weighted by Gasteiger charge is 2.47. The van der Waals surface area contributed by atoms with Crippen molar-refractivity contribution in [3.05, 3.63) is 89.6 Å². The molecule has 0 spiro atoms. The number of alkyl carbamates (subject to hydrolysis) is 1. The van der Waals surface area contributed by atoms with Crippen LogP contribution >= 0.6 is 0 Å². The van der Waals surface area contributed by atoms with Crippen LogP contribution in [-0.4, -0.2) is 33.8 Å². The number of carbonyl (C=O) groups is 2.